The van der Waals surface area contributed by atoms with E-state index in [1.165, 1.54) is 17.4 Å². The molecular formula is C11H11ClN2O3S. The first kappa shape index (κ1) is 13.1. The quantitative estimate of drug-likeness (QED) is 0.673. The van der Waals surface area contributed by atoms with Gasteiger partial charge in [-0.05, 0) is 24.1 Å². The van der Waals surface area contributed by atoms with E-state index in [0.717, 1.165) is 4.88 Å². The van der Waals surface area contributed by atoms with Crippen LogP contribution in [0.1, 0.15) is 23.6 Å². The molecule has 7 heteroatoms. The molecule has 2 rings (SSSR count). The molecule has 0 spiro atoms. The normalized spacial score (nSPS) is 12.6. The van der Waals surface area contributed by atoms with E-state index < -0.39 is 4.92 Å². The number of nitrogens with zero attached hydrogens (tertiary/aromatic N) is 1. The molecule has 2 aromatic heterocycles. The summed E-state index contributed by atoms with van der Waals surface area (Å²) in [5.41, 5.74) is 0. The maximum absolute atomic E-state index is 10.6. The van der Waals surface area contributed by atoms with Gasteiger partial charge in [-0.25, -0.2) is 0 Å². The summed E-state index contributed by atoms with van der Waals surface area (Å²) in [6, 6.07) is 4.49. The summed E-state index contributed by atoms with van der Waals surface area (Å²) in [5, 5.41) is 16.3. The van der Waals surface area contributed by atoms with Crippen LogP contribution >= 0.6 is 22.9 Å². The van der Waals surface area contributed by atoms with Crippen LogP contribution in [0.3, 0.4) is 0 Å². The van der Waals surface area contributed by atoms with Crippen molar-refractivity contribution in [1.82, 2.24) is 5.32 Å². The molecule has 96 valence electrons. The van der Waals surface area contributed by atoms with Crippen LogP contribution in [-0.4, -0.2) is 11.5 Å². The van der Waals surface area contributed by atoms with Gasteiger partial charge < -0.3 is 9.73 Å². The number of nitrogens with one attached hydrogen (secondary N) is 1. The highest BCUT2D eigenvalue weighted by Gasteiger charge is 2.23. The van der Waals surface area contributed by atoms with Gasteiger partial charge in [-0.1, -0.05) is 18.5 Å². The Morgan fingerprint density at radius 3 is 2.83 bits per heavy atom. The van der Waals surface area contributed by atoms with E-state index in [2.05, 4.69) is 5.32 Å². The van der Waals surface area contributed by atoms with Gasteiger partial charge in [0.15, 0.2) is 0 Å². The predicted octanol–water partition coefficient (Wildman–Crippen LogP) is 3.60. The van der Waals surface area contributed by atoms with Gasteiger partial charge in [0.1, 0.15) is 16.7 Å². The van der Waals surface area contributed by atoms with E-state index in [0.29, 0.717) is 17.3 Å². The van der Waals surface area contributed by atoms with Crippen LogP contribution in [0.5, 0.6) is 0 Å². The molecule has 0 saturated heterocycles. The van der Waals surface area contributed by atoms with E-state index in [1.807, 2.05) is 12.3 Å². The zero-order chi connectivity index (χ0) is 13.1. The van der Waals surface area contributed by atoms with Crippen LogP contribution < -0.4 is 5.32 Å². The number of rotatable bonds is 5. The molecule has 2 aromatic rings. The number of halogens is 1. The van der Waals surface area contributed by atoms with Crippen molar-refractivity contribution in [1.29, 1.82) is 0 Å². The molecule has 5 nitrogen and oxygen atoms in total. The standard InChI is InChI=1S/C11H11ClN2O3S/c1-2-13-10(11-7(12)5-6-18-11)8-3-4-9(17-8)14(15)16/h3-6,10,13H,2H2,1H3. The first-order valence-corrected chi connectivity index (χ1v) is 6.59. The lowest BCUT2D eigenvalue weighted by Gasteiger charge is -2.13. The van der Waals surface area contributed by atoms with E-state index in [4.69, 9.17) is 16.0 Å². The van der Waals surface area contributed by atoms with Crippen molar-refractivity contribution < 1.29 is 9.34 Å². The molecule has 0 aliphatic heterocycles. The lowest BCUT2D eigenvalue weighted by Crippen LogP contribution is -2.20. The Morgan fingerprint density at radius 1 is 1.56 bits per heavy atom. The monoisotopic (exact) mass is 286 g/mol. The van der Waals surface area contributed by atoms with Crippen molar-refractivity contribution in [2.24, 2.45) is 0 Å². The highest BCUT2D eigenvalue weighted by Crippen LogP contribution is 2.34. The summed E-state index contributed by atoms with van der Waals surface area (Å²) in [6.45, 7) is 2.65. The second-order valence-electron chi connectivity index (χ2n) is 3.56. The molecule has 0 amide bonds. The third-order valence-electron chi connectivity index (χ3n) is 2.39. The molecule has 1 N–H and O–H groups in total. The Kier molecular flexibility index (Phi) is 4.00. The second-order valence-corrected chi connectivity index (χ2v) is 4.91. The average molecular weight is 287 g/mol. The maximum atomic E-state index is 10.6. The summed E-state index contributed by atoms with van der Waals surface area (Å²) in [6.07, 6.45) is 0. The molecule has 0 aromatic carbocycles. The van der Waals surface area contributed by atoms with Crippen molar-refractivity contribution in [2.45, 2.75) is 13.0 Å². The maximum Gasteiger partial charge on any atom is 0.433 e. The molecule has 1 atom stereocenters. The third-order valence-corrected chi connectivity index (χ3v) is 3.82. The largest absolute Gasteiger partial charge is 0.433 e. The first-order valence-electron chi connectivity index (χ1n) is 5.34. The average Bonchev–Trinajstić information content (AvgIpc) is 2.95. The molecule has 18 heavy (non-hydrogen) atoms. The molecule has 2 heterocycles. The van der Waals surface area contributed by atoms with Crippen molar-refractivity contribution >= 4 is 28.8 Å². The molecule has 0 bridgehead atoms. The van der Waals surface area contributed by atoms with E-state index in [1.54, 1.807) is 12.1 Å². The van der Waals surface area contributed by atoms with E-state index in [9.17, 15) is 10.1 Å². The Bertz CT molecular complexity index is 552. The highest BCUT2D eigenvalue weighted by atomic mass is 35.5. The third kappa shape index (κ3) is 2.55. The Hall–Kier alpha value is -1.37. The van der Waals surface area contributed by atoms with Gasteiger partial charge in [-0.15, -0.1) is 11.3 Å². The molecule has 0 saturated carbocycles. The van der Waals surface area contributed by atoms with Crippen molar-refractivity contribution in [3.63, 3.8) is 0 Å². The zero-order valence-corrected chi connectivity index (χ0v) is 11.1. The van der Waals surface area contributed by atoms with Gasteiger partial charge in [-0.3, -0.25) is 10.1 Å². The SMILES string of the molecule is CCNC(c1ccc([N+](=O)[O-])o1)c1sccc1Cl. The number of hydrogen-bond donors (Lipinski definition) is 1. The van der Waals surface area contributed by atoms with Gasteiger partial charge >= 0.3 is 5.88 Å². The van der Waals surface area contributed by atoms with Crippen LogP contribution in [0, 0.1) is 10.1 Å². The predicted molar refractivity (Wildman–Crippen MR) is 70.2 cm³/mol. The molecule has 1 unspecified atom stereocenters. The Labute approximate surface area is 113 Å². The summed E-state index contributed by atoms with van der Waals surface area (Å²) in [5.74, 6) is 0.230. The van der Waals surface area contributed by atoms with Crippen LogP contribution in [0.4, 0.5) is 5.88 Å². The summed E-state index contributed by atoms with van der Waals surface area (Å²) in [7, 11) is 0. The Morgan fingerprint density at radius 2 is 2.33 bits per heavy atom. The number of hydrogen-bond acceptors (Lipinski definition) is 5. The minimum Gasteiger partial charge on any atom is -0.404 e. The lowest BCUT2D eigenvalue weighted by molar-refractivity contribution is -0.402. The molecule has 0 radical (unpaired) electrons. The minimum atomic E-state index is -0.553. The highest BCUT2D eigenvalue weighted by molar-refractivity contribution is 7.10. The second kappa shape index (κ2) is 5.51. The van der Waals surface area contributed by atoms with Crippen LogP contribution in [0.15, 0.2) is 28.0 Å². The summed E-state index contributed by atoms with van der Waals surface area (Å²) < 4.78 is 5.23. The fourth-order valence-electron chi connectivity index (χ4n) is 1.63. The van der Waals surface area contributed by atoms with Crippen molar-refractivity contribution in [3.8, 4) is 0 Å². The minimum absolute atomic E-state index is 0.254. The topological polar surface area (TPSA) is 68.3 Å². The zero-order valence-electron chi connectivity index (χ0n) is 9.55. The lowest BCUT2D eigenvalue weighted by atomic mass is 10.2. The molecule has 0 aliphatic carbocycles. The van der Waals surface area contributed by atoms with Crippen molar-refractivity contribution in [3.05, 3.63) is 49.4 Å². The van der Waals surface area contributed by atoms with Crippen LogP contribution in [0.25, 0.3) is 0 Å². The molecular weight excluding hydrogens is 276 g/mol. The van der Waals surface area contributed by atoms with Gasteiger partial charge in [-0.2, -0.15) is 0 Å². The molecule has 0 fully saturated rings. The van der Waals surface area contributed by atoms with Gasteiger partial charge in [0.05, 0.1) is 11.1 Å². The van der Waals surface area contributed by atoms with E-state index in [-0.39, 0.29) is 11.9 Å². The Balaban J connectivity index is 2.35. The van der Waals surface area contributed by atoms with Gasteiger partial charge in [0, 0.05) is 4.88 Å². The number of thiophene rings is 1. The van der Waals surface area contributed by atoms with E-state index >= 15 is 0 Å². The number of furan rings is 1. The smallest absolute Gasteiger partial charge is 0.404 e. The summed E-state index contributed by atoms with van der Waals surface area (Å²) in [4.78, 5) is 11.0. The molecule has 0 aliphatic rings. The fraction of sp³-hybridized carbons (Fsp3) is 0.273. The van der Waals surface area contributed by atoms with Gasteiger partial charge in [0.25, 0.3) is 0 Å². The summed E-state index contributed by atoms with van der Waals surface area (Å²) >= 11 is 7.57. The fourth-order valence-corrected chi connectivity index (χ4v) is 2.88. The van der Waals surface area contributed by atoms with Crippen LogP contribution in [-0.2, 0) is 0 Å². The van der Waals surface area contributed by atoms with Gasteiger partial charge in [0.2, 0.25) is 0 Å². The first-order chi connectivity index (χ1) is 8.63. The number of nitro groups is 1. The van der Waals surface area contributed by atoms with Crippen molar-refractivity contribution in [2.75, 3.05) is 6.54 Å². The van der Waals surface area contributed by atoms with Crippen LogP contribution in [0.2, 0.25) is 5.02 Å².